The summed E-state index contributed by atoms with van der Waals surface area (Å²) in [5, 5.41) is 0. The van der Waals surface area contributed by atoms with Crippen molar-refractivity contribution in [2.75, 3.05) is 20.8 Å². The van der Waals surface area contributed by atoms with Crippen LogP contribution in [0.5, 0.6) is 5.75 Å². The van der Waals surface area contributed by atoms with Crippen LogP contribution < -0.4 is 16.0 Å². The van der Waals surface area contributed by atoms with Gasteiger partial charge in [-0.2, -0.15) is 0 Å². The molecule has 0 amide bonds. The zero-order valence-corrected chi connectivity index (χ0v) is 11.0. The molecule has 0 aliphatic heterocycles. The molecule has 4 nitrogen and oxygen atoms in total. The molecule has 1 atom stereocenters. The van der Waals surface area contributed by atoms with E-state index in [-0.39, 0.29) is 6.04 Å². The van der Waals surface area contributed by atoms with Crippen LogP contribution in [0.1, 0.15) is 29.2 Å². The maximum absolute atomic E-state index is 5.60. The van der Waals surface area contributed by atoms with Crippen LogP contribution in [0.15, 0.2) is 12.1 Å². The van der Waals surface area contributed by atoms with E-state index in [9.17, 15) is 0 Å². The minimum atomic E-state index is 0.111. The highest BCUT2D eigenvalue weighted by atomic mass is 16.5. The number of hydrogen-bond acceptors (Lipinski definition) is 4. The predicted octanol–water partition coefficient (Wildman–Crippen LogP) is 1.85. The Labute approximate surface area is 103 Å². The third kappa shape index (κ3) is 3.43. The van der Waals surface area contributed by atoms with Gasteiger partial charge >= 0.3 is 0 Å². The molecule has 1 aromatic rings. The van der Waals surface area contributed by atoms with Crippen LogP contribution in [0.2, 0.25) is 0 Å². The van der Waals surface area contributed by atoms with Crippen LogP contribution in [0.3, 0.4) is 0 Å². The van der Waals surface area contributed by atoms with Crippen LogP contribution in [-0.4, -0.2) is 20.8 Å². The standard InChI is InChI=1S/C13H22N2O2/c1-9-8-13(17-4)10(2)7-11(9)12(15-14)5-6-16-3/h7-8,12,15H,5-6,14H2,1-4H3. The summed E-state index contributed by atoms with van der Waals surface area (Å²) >= 11 is 0. The first-order chi connectivity index (χ1) is 8.13. The number of ether oxygens (including phenoxy) is 2. The third-order valence-corrected chi connectivity index (χ3v) is 2.97. The quantitative estimate of drug-likeness (QED) is 0.586. The number of aryl methyl sites for hydroxylation is 2. The van der Waals surface area contributed by atoms with E-state index in [4.69, 9.17) is 15.3 Å². The van der Waals surface area contributed by atoms with E-state index < -0.39 is 0 Å². The molecule has 0 aromatic heterocycles. The summed E-state index contributed by atoms with van der Waals surface area (Å²) < 4.78 is 10.4. The lowest BCUT2D eigenvalue weighted by Gasteiger charge is -2.20. The smallest absolute Gasteiger partial charge is 0.122 e. The summed E-state index contributed by atoms with van der Waals surface area (Å²) in [5.41, 5.74) is 6.32. The van der Waals surface area contributed by atoms with Crippen LogP contribution in [-0.2, 0) is 4.74 Å². The number of nitrogens with two attached hydrogens (primary N) is 1. The van der Waals surface area contributed by atoms with E-state index in [1.807, 2.05) is 13.0 Å². The van der Waals surface area contributed by atoms with E-state index in [2.05, 4.69) is 18.4 Å². The molecule has 0 saturated carbocycles. The van der Waals surface area contributed by atoms with Gasteiger partial charge in [0.25, 0.3) is 0 Å². The van der Waals surface area contributed by atoms with Crippen molar-refractivity contribution in [3.63, 3.8) is 0 Å². The van der Waals surface area contributed by atoms with Gasteiger partial charge in [0.1, 0.15) is 5.75 Å². The zero-order valence-electron chi connectivity index (χ0n) is 11.0. The topological polar surface area (TPSA) is 56.5 Å². The third-order valence-electron chi connectivity index (χ3n) is 2.97. The second kappa shape index (κ2) is 6.59. The lowest BCUT2D eigenvalue weighted by atomic mass is 9.97. The monoisotopic (exact) mass is 238 g/mol. The summed E-state index contributed by atoms with van der Waals surface area (Å²) in [6.45, 7) is 4.78. The maximum Gasteiger partial charge on any atom is 0.122 e. The molecule has 0 fully saturated rings. The molecular weight excluding hydrogens is 216 g/mol. The van der Waals surface area contributed by atoms with Gasteiger partial charge in [-0.3, -0.25) is 11.3 Å². The van der Waals surface area contributed by atoms with Crippen LogP contribution in [0.4, 0.5) is 0 Å². The fourth-order valence-corrected chi connectivity index (χ4v) is 1.97. The van der Waals surface area contributed by atoms with Crippen molar-refractivity contribution in [3.05, 3.63) is 28.8 Å². The van der Waals surface area contributed by atoms with Gasteiger partial charge in [-0.15, -0.1) is 0 Å². The van der Waals surface area contributed by atoms with Crippen molar-refractivity contribution in [1.29, 1.82) is 0 Å². The molecule has 17 heavy (non-hydrogen) atoms. The molecule has 1 unspecified atom stereocenters. The Morgan fingerprint density at radius 2 is 1.94 bits per heavy atom. The summed E-state index contributed by atoms with van der Waals surface area (Å²) in [6, 6.07) is 4.27. The minimum Gasteiger partial charge on any atom is -0.496 e. The first-order valence-corrected chi connectivity index (χ1v) is 5.74. The average Bonchev–Trinajstić information content (AvgIpc) is 2.33. The molecule has 1 rings (SSSR count). The molecule has 0 heterocycles. The highest BCUT2D eigenvalue weighted by Gasteiger charge is 2.14. The van der Waals surface area contributed by atoms with E-state index in [0.29, 0.717) is 6.61 Å². The fraction of sp³-hybridized carbons (Fsp3) is 0.538. The van der Waals surface area contributed by atoms with E-state index in [1.165, 1.54) is 11.1 Å². The van der Waals surface area contributed by atoms with Crippen LogP contribution in [0, 0.1) is 13.8 Å². The lowest BCUT2D eigenvalue weighted by molar-refractivity contribution is 0.183. The van der Waals surface area contributed by atoms with Gasteiger partial charge in [0.2, 0.25) is 0 Å². The van der Waals surface area contributed by atoms with Crippen molar-refractivity contribution in [3.8, 4) is 5.75 Å². The molecule has 0 radical (unpaired) electrons. The van der Waals surface area contributed by atoms with E-state index >= 15 is 0 Å². The molecular formula is C13H22N2O2. The SMILES string of the molecule is COCCC(NN)c1cc(C)c(OC)cc1C. The predicted molar refractivity (Wildman–Crippen MR) is 69.0 cm³/mol. The normalized spacial score (nSPS) is 12.5. The number of rotatable bonds is 6. The van der Waals surface area contributed by atoms with Crippen LogP contribution in [0.25, 0.3) is 0 Å². The zero-order chi connectivity index (χ0) is 12.8. The van der Waals surface area contributed by atoms with E-state index in [1.54, 1.807) is 14.2 Å². The Hall–Kier alpha value is -1.10. The Morgan fingerprint density at radius 1 is 1.24 bits per heavy atom. The summed E-state index contributed by atoms with van der Waals surface area (Å²) in [4.78, 5) is 0. The Bertz CT molecular complexity index is 367. The molecule has 0 spiro atoms. The van der Waals surface area contributed by atoms with Gasteiger partial charge in [0.05, 0.1) is 7.11 Å². The summed E-state index contributed by atoms with van der Waals surface area (Å²) in [5.74, 6) is 6.51. The van der Waals surface area contributed by atoms with Gasteiger partial charge < -0.3 is 9.47 Å². The van der Waals surface area contributed by atoms with Crippen LogP contribution >= 0.6 is 0 Å². The van der Waals surface area contributed by atoms with Gasteiger partial charge in [-0.25, -0.2) is 0 Å². The number of hydrazine groups is 1. The highest BCUT2D eigenvalue weighted by Crippen LogP contribution is 2.27. The molecule has 0 aliphatic carbocycles. The van der Waals surface area contributed by atoms with Crippen molar-refractivity contribution in [2.24, 2.45) is 5.84 Å². The average molecular weight is 238 g/mol. The minimum absolute atomic E-state index is 0.111. The molecule has 4 heteroatoms. The number of methoxy groups -OCH3 is 2. The second-order valence-electron chi connectivity index (χ2n) is 4.18. The molecule has 96 valence electrons. The van der Waals surface area contributed by atoms with Gasteiger partial charge in [-0.05, 0) is 43.0 Å². The number of benzene rings is 1. The van der Waals surface area contributed by atoms with Gasteiger partial charge in [-0.1, -0.05) is 6.07 Å². The van der Waals surface area contributed by atoms with Crippen molar-refractivity contribution in [1.82, 2.24) is 5.43 Å². The largest absolute Gasteiger partial charge is 0.496 e. The number of nitrogens with one attached hydrogen (secondary N) is 1. The Balaban J connectivity index is 2.99. The van der Waals surface area contributed by atoms with Gasteiger partial charge in [0.15, 0.2) is 0 Å². The molecule has 0 saturated heterocycles. The molecule has 0 aliphatic rings. The lowest BCUT2D eigenvalue weighted by Crippen LogP contribution is -2.29. The van der Waals surface area contributed by atoms with Crippen molar-refractivity contribution in [2.45, 2.75) is 26.3 Å². The summed E-state index contributed by atoms with van der Waals surface area (Å²) in [6.07, 6.45) is 0.847. The Kier molecular flexibility index (Phi) is 5.41. The Morgan fingerprint density at radius 3 is 2.47 bits per heavy atom. The molecule has 0 bridgehead atoms. The van der Waals surface area contributed by atoms with Crippen molar-refractivity contribution >= 4 is 0 Å². The molecule has 1 aromatic carbocycles. The second-order valence-corrected chi connectivity index (χ2v) is 4.18. The fourth-order valence-electron chi connectivity index (χ4n) is 1.97. The van der Waals surface area contributed by atoms with Crippen molar-refractivity contribution < 1.29 is 9.47 Å². The number of hydrogen-bond donors (Lipinski definition) is 2. The summed E-state index contributed by atoms with van der Waals surface area (Å²) in [7, 11) is 3.38. The maximum atomic E-state index is 5.60. The highest BCUT2D eigenvalue weighted by molar-refractivity contribution is 5.42. The first kappa shape index (κ1) is 14.0. The molecule has 3 N–H and O–H groups in total. The van der Waals surface area contributed by atoms with E-state index in [0.717, 1.165) is 17.7 Å². The van der Waals surface area contributed by atoms with Gasteiger partial charge in [0, 0.05) is 19.8 Å². The first-order valence-electron chi connectivity index (χ1n) is 5.74.